The molecule has 27 heavy (non-hydrogen) atoms. The number of nitrogens with zero attached hydrogens (tertiary/aromatic N) is 4. The summed E-state index contributed by atoms with van der Waals surface area (Å²) in [5, 5.41) is 12.7. The van der Waals surface area contributed by atoms with Crippen molar-refractivity contribution in [1.82, 2.24) is 25.0 Å². The van der Waals surface area contributed by atoms with Crippen molar-refractivity contribution in [3.8, 4) is 0 Å². The highest BCUT2D eigenvalue weighted by Crippen LogP contribution is 2.26. The molecule has 2 fully saturated rings. The van der Waals surface area contributed by atoms with Gasteiger partial charge >= 0.3 is 0 Å². The molecule has 0 spiro atoms. The van der Waals surface area contributed by atoms with Crippen molar-refractivity contribution in [3.05, 3.63) is 41.7 Å². The van der Waals surface area contributed by atoms with Crippen LogP contribution in [-0.4, -0.2) is 50.0 Å². The van der Waals surface area contributed by atoms with Gasteiger partial charge in [-0.2, -0.15) is 0 Å². The average Bonchev–Trinajstić information content (AvgIpc) is 3.20. The van der Waals surface area contributed by atoms with Crippen LogP contribution in [0.2, 0.25) is 0 Å². The van der Waals surface area contributed by atoms with E-state index >= 15 is 0 Å². The molecule has 1 aliphatic carbocycles. The number of nitrogens with one attached hydrogen (secondary N) is 1. The molecule has 1 aromatic carbocycles. The summed E-state index contributed by atoms with van der Waals surface area (Å²) in [4.78, 5) is 14.8. The number of hydrogen-bond acceptors (Lipinski definition) is 5. The van der Waals surface area contributed by atoms with Crippen LogP contribution in [0.15, 0.2) is 35.5 Å². The van der Waals surface area contributed by atoms with Gasteiger partial charge in [0.1, 0.15) is 5.82 Å². The number of likely N-dealkylation sites (tertiary alicyclic amines) is 1. The molecule has 0 unspecified atom stereocenters. The highest BCUT2D eigenvalue weighted by Gasteiger charge is 2.27. The highest BCUT2D eigenvalue weighted by molar-refractivity contribution is 8.00. The van der Waals surface area contributed by atoms with Gasteiger partial charge in [-0.3, -0.25) is 9.69 Å². The van der Waals surface area contributed by atoms with Crippen molar-refractivity contribution < 1.29 is 4.79 Å². The molecule has 1 amide bonds. The molecule has 1 saturated heterocycles. The van der Waals surface area contributed by atoms with E-state index in [0.29, 0.717) is 6.04 Å². The first-order valence-corrected chi connectivity index (χ1v) is 10.7. The van der Waals surface area contributed by atoms with Crippen LogP contribution in [0.5, 0.6) is 0 Å². The second-order valence-corrected chi connectivity index (χ2v) is 8.80. The minimum absolute atomic E-state index is 0.0952. The molecule has 1 N–H and O–H groups in total. The number of rotatable bonds is 8. The zero-order valence-electron chi connectivity index (χ0n) is 15.8. The van der Waals surface area contributed by atoms with E-state index in [4.69, 9.17) is 0 Å². The van der Waals surface area contributed by atoms with Gasteiger partial charge in [-0.25, -0.2) is 0 Å². The normalized spacial score (nSPS) is 18.6. The lowest BCUT2D eigenvalue weighted by atomic mass is 10.2. The topological polar surface area (TPSA) is 63.1 Å². The third kappa shape index (κ3) is 4.90. The van der Waals surface area contributed by atoms with Crippen LogP contribution in [0.3, 0.4) is 0 Å². The van der Waals surface area contributed by atoms with E-state index in [2.05, 4.69) is 49.2 Å². The van der Waals surface area contributed by atoms with Crippen LogP contribution in [0, 0.1) is 0 Å². The predicted octanol–water partition coefficient (Wildman–Crippen LogP) is 2.68. The maximum Gasteiger partial charge on any atom is 0.233 e. The molecule has 7 heteroatoms. The molecule has 6 nitrogen and oxygen atoms in total. The van der Waals surface area contributed by atoms with E-state index in [9.17, 15) is 4.79 Å². The molecule has 0 radical (unpaired) electrons. The molecule has 144 valence electrons. The fraction of sp³-hybridized carbons (Fsp3) is 0.550. The number of carbonyl (C=O) groups is 1. The summed E-state index contributed by atoms with van der Waals surface area (Å²) in [7, 11) is 0. The average molecular weight is 386 g/mol. The smallest absolute Gasteiger partial charge is 0.233 e. The lowest BCUT2D eigenvalue weighted by Gasteiger charge is -2.17. The second kappa shape index (κ2) is 8.44. The summed E-state index contributed by atoms with van der Waals surface area (Å²) in [5.74, 6) is 1.08. The van der Waals surface area contributed by atoms with E-state index in [1.54, 1.807) is 0 Å². The van der Waals surface area contributed by atoms with E-state index in [1.807, 2.05) is 13.0 Å². The summed E-state index contributed by atoms with van der Waals surface area (Å²) in [6.45, 7) is 5.76. The zero-order chi connectivity index (χ0) is 18.6. The third-order valence-electron chi connectivity index (χ3n) is 5.12. The van der Waals surface area contributed by atoms with Gasteiger partial charge < -0.3 is 9.88 Å². The Balaban J connectivity index is 1.51. The molecule has 1 aromatic heterocycles. The highest BCUT2D eigenvalue weighted by atomic mass is 32.2. The molecule has 2 aliphatic rings. The first kappa shape index (κ1) is 18.5. The molecule has 1 atom stereocenters. The fourth-order valence-corrected chi connectivity index (χ4v) is 4.22. The van der Waals surface area contributed by atoms with Crippen LogP contribution >= 0.6 is 11.8 Å². The van der Waals surface area contributed by atoms with Gasteiger partial charge in [-0.15, -0.1) is 10.2 Å². The maximum atomic E-state index is 12.4. The molecule has 4 rings (SSSR count). The van der Waals surface area contributed by atoms with Crippen molar-refractivity contribution in [3.63, 3.8) is 0 Å². The number of benzene rings is 1. The van der Waals surface area contributed by atoms with E-state index in [0.717, 1.165) is 50.0 Å². The summed E-state index contributed by atoms with van der Waals surface area (Å²) < 4.78 is 2.18. The predicted molar refractivity (Wildman–Crippen MR) is 107 cm³/mol. The van der Waals surface area contributed by atoms with Crippen molar-refractivity contribution in [1.29, 1.82) is 0 Å². The first-order chi connectivity index (χ1) is 13.2. The van der Waals surface area contributed by atoms with Crippen molar-refractivity contribution in [2.24, 2.45) is 0 Å². The third-order valence-corrected chi connectivity index (χ3v) is 6.20. The minimum atomic E-state index is -0.177. The lowest BCUT2D eigenvalue weighted by molar-refractivity contribution is -0.120. The Morgan fingerprint density at radius 3 is 2.63 bits per heavy atom. The van der Waals surface area contributed by atoms with Gasteiger partial charge in [0.15, 0.2) is 5.16 Å². The summed E-state index contributed by atoms with van der Waals surface area (Å²) >= 11 is 1.50. The quantitative estimate of drug-likeness (QED) is 0.708. The Hall–Kier alpha value is -1.86. The minimum Gasteiger partial charge on any atom is -0.352 e. The van der Waals surface area contributed by atoms with Crippen LogP contribution in [0.25, 0.3) is 0 Å². The summed E-state index contributed by atoms with van der Waals surface area (Å²) in [6.07, 6.45) is 4.72. The van der Waals surface area contributed by atoms with Crippen molar-refractivity contribution in [2.75, 3.05) is 13.1 Å². The van der Waals surface area contributed by atoms with E-state index in [1.165, 1.54) is 30.2 Å². The molecule has 2 aromatic rings. The van der Waals surface area contributed by atoms with Crippen LogP contribution < -0.4 is 5.32 Å². The summed E-state index contributed by atoms with van der Waals surface area (Å²) in [6, 6.07) is 10.8. The Labute approximate surface area is 164 Å². The number of hydrogen-bond donors (Lipinski definition) is 1. The van der Waals surface area contributed by atoms with E-state index < -0.39 is 0 Å². The number of amides is 1. The fourth-order valence-electron chi connectivity index (χ4n) is 3.35. The maximum absolute atomic E-state index is 12.4. The Morgan fingerprint density at radius 2 is 1.93 bits per heavy atom. The molecule has 1 aliphatic heterocycles. The monoisotopic (exact) mass is 385 g/mol. The number of thioether (sulfide) groups is 1. The van der Waals surface area contributed by atoms with Gasteiger partial charge in [0, 0.05) is 6.04 Å². The SMILES string of the molecule is C[C@H](Sc1nnc(CN2CCCC2)n1Cc1ccccc1)C(=O)NC1CC1. The number of aromatic nitrogens is 3. The Kier molecular flexibility index (Phi) is 5.78. The van der Waals surface area contributed by atoms with Crippen LogP contribution in [0.1, 0.15) is 44.0 Å². The largest absolute Gasteiger partial charge is 0.352 e. The van der Waals surface area contributed by atoms with Crippen LogP contribution in [0.4, 0.5) is 0 Å². The molecule has 0 bridgehead atoms. The molecule has 2 heterocycles. The Bertz CT molecular complexity index is 768. The van der Waals surface area contributed by atoms with Gasteiger partial charge in [0.05, 0.1) is 18.3 Å². The standard InChI is InChI=1S/C20H27N5OS/c1-15(19(26)21-17-9-10-17)27-20-23-22-18(14-24-11-5-6-12-24)25(20)13-16-7-3-2-4-8-16/h2-4,7-8,15,17H,5-6,9-14H2,1H3,(H,21,26)/t15-/m0/s1. The first-order valence-electron chi connectivity index (χ1n) is 9.84. The van der Waals surface area contributed by atoms with Gasteiger partial charge in [-0.05, 0) is 51.3 Å². The molecular weight excluding hydrogens is 358 g/mol. The number of carbonyl (C=O) groups excluding carboxylic acids is 1. The zero-order valence-corrected chi connectivity index (χ0v) is 16.6. The van der Waals surface area contributed by atoms with Gasteiger partial charge in [0.25, 0.3) is 0 Å². The Morgan fingerprint density at radius 1 is 1.19 bits per heavy atom. The lowest BCUT2D eigenvalue weighted by Crippen LogP contribution is -2.32. The molecular formula is C20H27N5OS. The van der Waals surface area contributed by atoms with E-state index in [-0.39, 0.29) is 11.2 Å². The van der Waals surface area contributed by atoms with Crippen molar-refractivity contribution in [2.45, 2.75) is 62.1 Å². The summed E-state index contributed by atoms with van der Waals surface area (Å²) in [5.41, 5.74) is 1.22. The van der Waals surface area contributed by atoms with Crippen molar-refractivity contribution >= 4 is 17.7 Å². The molecule has 1 saturated carbocycles. The van der Waals surface area contributed by atoms with Crippen LogP contribution in [-0.2, 0) is 17.9 Å². The second-order valence-electron chi connectivity index (χ2n) is 7.50. The van der Waals surface area contributed by atoms with Gasteiger partial charge in [0.2, 0.25) is 5.91 Å². The van der Waals surface area contributed by atoms with Gasteiger partial charge in [-0.1, -0.05) is 42.1 Å².